The van der Waals surface area contributed by atoms with Gasteiger partial charge in [0, 0.05) is 31.2 Å². The standard InChI is InChI=1S/C29H37N5O5/c1-18-14-34(19(2)17-35)28(36)24-13-23(30-29(37)31-27-20(3)32-39-21(27)4)11-12-25(24)38-26(18)16-33(5)15-22-9-7-6-8-10-22/h6-13,18-19,26,35H,14-17H2,1-5H3,(H2,30,31,37)/t18-,19-,26-/m0/s1. The van der Waals surface area contributed by atoms with Crippen LogP contribution in [0.15, 0.2) is 53.1 Å². The molecule has 1 aliphatic heterocycles. The molecule has 208 valence electrons. The van der Waals surface area contributed by atoms with E-state index in [-0.39, 0.29) is 30.6 Å². The third-order valence-electron chi connectivity index (χ3n) is 6.98. The van der Waals surface area contributed by atoms with Gasteiger partial charge in [0.05, 0.1) is 18.2 Å². The number of nitrogens with one attached hydrogen (secondary N) is 2. The van der Waals surface area contributed by atoms with Gasteiger partial charge < -0.3 is 29.9 Å². The predicted molar refractivity (Wildman–Crippen MR) is 149 cm³/mol. The van der Waals surface area contributed by atoms with Crippen molar-refractivity contribution in [2.75, 3.05) is 37.4 Å². The number of fused-ring (bicyclic) bond motifs is 1. The van der Waals surface area contributed by atoms with E-state index in [2.05, 4.69) is 39.7 Å². The number of rotatable bonds is 8. The second-order valence-electron chi connectivity index (χ2n) is 10.3. The first kappa shape index (κ1) is 28.1. The zero-order chi connectivity index (χ0) is 28.1. The zero-order valence-electron chi connectivity index (χ0n) is 23.1. The number of anilines is 2. The van der Waals surface area contributed by atoms with Crippen LogP contribution in [-0.2, 0) is 6.54 Å². The highest BCUT2D eigenvalue weighted by molar-refractivity contribution is 6.03. The van der Waals surface area contributed by atoms with Crippen LogP contribution in [0.3, 0.4) is 0 Å². The molecule has 3 aromatic rings. The average Bonchev–Trinajstić information content (AvgIpc) is 3.23. The molecule has 0 unspecified atom stereocenters. The van der Waals surface area contributed by atoms with E-state index in [0.29, 0.717) is 47.2 Å². The van der Waals surface area contributed by atoms with Gasteiger partial charge in [-0.05, 0) is 51.6 Å². The lowest BCUT2D eigenvalue weighted by Crippen LogP contribution is -2.49. The van der Waals surface area contributed by atoms with Gasteiger partial charge in [-0.15, -0.1) is 0 Å². The largest absolute Gasteiger partial charge is 0.488 e. The molecule has 0 fully saturated rings. The van der Waals surface area contributed by atoms with Gasteiger partial charge in [0.2, 0.25) is 0 Å². The highest BCUT2D eigenvalue weighted by Crippen LogP contribution is 2.31. The van der Waals surface area contributed by atoms with Crippen molar-refractivity contribution in [1.29, 1.82) is 0 Å². The minimum absolute atomic E-state index is 0.00736. The summed E-state index contributed by atoms with van der Waals surface area (Å²) in [7, 11) is 2.05. The summed E-state index contributed by atoms with van der Waals surface area (Å²) in [6.45, 7) is 9.00. The molecule has 0 saturated heterocycles. The Morgan fingerprint density at radius 3 is 2.62 bits per heavy atom. The number of carbonyl (C=O) groups is 2. The van der Waals surface area contributed by atoms with E-state index in [1.807, 2.05) is 32.2 Å². The van der Waals surface area contributed by atoms with E-state index in [1.54, 1.807) is 36.9 Å². The first-order valence-electron chi connectivity index (χ1n) is 13.1. The summed E-state index contributed by atoms with van der Waals surface area (Å²) in [5, 5.41) is 19.3. The molecule has 0 saturated carbocycles. The number of ether oxygens (including phenoxy) is 1. The molecule has 0 bridgehead atoms. The van der Waals surface area contributed by atoms with Gasteiger partial charge >= 0.3 is 6.03 Å². The molecule has 39 heavy (non-hydrogen) atoms. The number of aromatic nitrogens is 1. The number of hydrogen-bond acceptors (Lipinski definition) is 7. The lowest BCUT2D eigenvalue weighted by Gasteiger charge is -2.38. The Balaban J connectivity index is 1.57. The average molecular weight is 536 g/mol. The van der Waals surface area contributed by atoms with Crippen molar-refractivity contribution in [3.63, 3.8) is 0 Å². The fraction of sp³-hybridized carbons (Fsp3) is 0.414. The smallest absolute Gasteiger partial charge is 0.323 e. The minimum atomic E-state index is -0.488. The van der Waals surface area contributed by atoms with Gasteiger partial charge in [-0.1, -0.05) is 42.4 Å². The SMILES string of the molecule is Cc1noc(C)c1NC(=O)Nc1ccc2c(c1)C(=O)N([C@@H](C)CO)C[C@H](C)[C@H](CN(C)Cc1ccccc1)O2. The Bertz CT molecular complexity index is 1270. The van der Waals surface area contributed by atoms with Gasteiger partial charge in [-0.2, -0.15) is 0 Å². The molecule has 0 aliphatic carbocycles. The molecular formula is C29H37N5O5. The molecule has 3 N–H and O–H groups in total. The zero-order valence-corrected chi connectivity index (χ0v) is 23.1. The quantitative estimate of drug-likeness (QED) is 0.394. The number of hydrogen-bond donors (Lipinski definition) is 3. The number of aliphatic hydroxyl groups excluding tert-OH is 1. The van der Waals surface area contributed by atoms with Crippen molar-refractivity contribution in [3.05, 3.63) is 71.1 Å². The van der Waals surface area contributed by atoms with Crippen LogP contribution in [0.1, 0.15) is 41.2 Å². The van der Waals surface area contributed by atoms with Gasteiger partial charge in [-0.25, -0.2) is 4.79 Å². The van der Waals surface area contributed by atoms with Crippen LogP contribution in [0.25, 0.3) is 0 Å². The van der Waals surface area contributed by atoms with E-state index in [9.17, 15) is 14.7 Å². The van der Waals surface area contributed by atoms with Crippen molar-refractivity contribution in [3.8, 4) is 5.75 Å². The molecule has 10 nitrogen and oxygen atoms in total. The van der Waals surface area contributed by atoms with Gasteiger partial charge in [-0.3, -0.25) is 9.69 Å². The maximum atomic E-state index is 13.7. The Labute approximate surface area is 228 Å². The summed E-state index contributed by atoms with van der Waals surface area (Å²) in [5.41, 5.74) is 3.02. The lowest BCUT2D eigenvalue weighted by atomic mass is 9.99. The van der Waals surface area contributed by atoms with Crippen molar-refractivity contribution in [2.45, 2.75) is 46.4 Å². The molecule has 3 atom stereocenters. The van der Waals surface area contributed by atoms with Crippen LogP contribution >= 0.6 is 0 Å². The van der Waals surface area contributed by atoms with Crippen LogP contribution in [0.2, 0.25) is 0 Å². The molecular weight excluding hydrogens is 498 g/mol. The highest BCUT2D eigenvalue weighted by Gasteiger charge is 2.33. The number of amides is 3. The summed E-state index contributed by atoms with van der Waals surface area (Å²) in [4.78, 5) is 30.2. The fourth-order valence-electron chi connectivity index (χ4n) is 4.72. The van der Waals surface area contributed by atoms with E-state index in [1.165, 1.54) is 5.56 Å². The third-order valence-corrected chi connectivity index (χ3v) is 6.98. The summed E-state index contributed by atoms with van der Waals surface area (Å²) in [6.07, 6.45) is -0.208. The number of urea groups is 1. The maximum Gasteiger partial charge on any atom is 0.323 e. The normalized spacial score (nSPS) is 18.1. The maximum absolute atomic E-state index is 13.7. The van der Waals surface area contributed by atoms with Crippen molar-refractivity contribution < 1.29 is 24.0 Å². The van der Waals surface area contributed by atoms with Gasteiger partial charge in [0.15, 0.2) is 5.76 Å². The Hall–Kier alpha value is -3.89. The summed E-state index contributed by atoms with van der Waals surface area (Å²) < 4.78 is 11.6. The Morgan fingerprint density at radius 2 is 1.95 bits per heavy atom. The molecule has 0 spiro atoms. The Morgan fingerprint density at radius 1 is 1.21 bits per heavy atom. The van der Waals surface area contributed by atoms with Gasteiger partial charge in [0.1, 0.15) is 23.2 Å². The number of nitrogens with zero attached hydrogens (tertiary/aromatic N) is 3. The van der Waals surface area contributed by atoms with Crippen LogP contribution < -0.4 is 15.4 Å². The van der Waals surface area contributed by atoms with Gasteiger partial charge in [0.25, 0.3) is 5.91 Å². The van der Waals surface area contributed by atoms with Crippen molar-refractivity contribution in [1.82, 2.24) is 15.0 Å². The number of aryl methyl sites for hydroxylation is 2. The number of aliphatic hydroxyl groups is 1. The van der Waals surface area contributed by atoms with E-state index < -0.39 is 6.03 Å². The number of likely N-dealkylation sites (N-methyl/N-ethyl adjacent to an activating group) is 1. The minimum Gasteiger partial charge on any atom is -0.488 e. The van der Waals surface area contributed by atoms with Crippen LogP contribution in [0.4, 0.5) is 16.2 Å². The van der Waals surface area contributed by atoms with Crippen LogP contribution in [-0.4, -0.2) is 70.9 Å². The summed E-state index contributed by atoms with van der Waals surface area (Å²) >= 11 is 0. The fourth-order valence-corrected chi connectivity index (χ4v) is 4.72. The lowest BCUT2D eigenvalue weighted by molar-refractivity contribution is 0.0341. The molecule has 1 aromatic heterocycles. The topological polar surface area (TPSA) is 120 Å². The highest BCUT2D eigenvalue weighted by atomic mass is 16.5. The molecule has 2 aromatic carbocycles. The van der Waals surface area contributed by atoms with Crippen LogP contribution in [0.5, 0.6) is 5.75 Å². The van der Waals surface area contributed by atoms with Crippen molar-refractivity contribution in [2.24, 2.45) is 5.92 Å². The predicted octanol–water partition coefficient (Wildman–Crippen LogP) is 4.29. The third kappa shape index (κ3) is 6.76. The van der Waals surface area contributed by atoms with Crippen molar-refractivity contribution >= 4 is 23.3 Å². The first-order chi connectivity index (χ1) is 18.7. The van der Waals surface area contributed by atoms with E-state index >= 15 is 0 Å². The summed E-state index contributed by atoms with van der Waals surface area (Å²) in [6, 6.07) is 14.4. The summed E-state index contributed by atoms with van der Waals surface area (Å²) in [5.74, 6) is 0.684. The second kappa shape index (κ2) is 12.3. The first-order valence-corrected chi connectivity index (χ1v) is 13.1. The van der Waals surface area contributed by atoms with Crippen LogP contribution in [0, 0.1) is 19.8 Å². The molecule has 0 radical (unpaired) electrons. The van der Waals surface area contributed by atoms with E-state index in [0.717, 1.165) is 6.54 Å². The van der Waals surface area contributed by atoms with E-state index in [4.69, 9.17) is 9.26 Å². The molecule has 2 heterocycles. The number of carbonyl (C=O) groups excluding carboxylic acids is 2. The molecule has 10 heteroatoms. The molecule has 4 rings (SSSR count). The molecule has 3 amide bonds. The molecule has 1 aliphatic rings. The number of benzene rings is 2. The monoisotopic (exact) mass is 535 g/mol. The second-order valence-corrected chi connectivity index (χ2v) is 10.3. The Kier molecular flexibility index (Phi) is 8.88.